The maximum atomic E-state index is 12.4. The zero-order valence-electron chi connectivity index (χ0n) is 16.8. The Hall–Kier alpha value is -2.80. The second-order valence-electron chi connectivity index (χ2n) is 6.75. The molecule has 0 saturated heterocycles. The Bertz CT molecular complexity index is 1260. The summed E-state index contributed by atoms with van der Waals surface area (Å²) in [6, 6.07) is 18.0. The van der Waals surface area contributed by atoms with E-state index in [0.29, 0.717) is 39.3 Å². The Morgan fingerprint density at radius 2 is 1.88 bits per heavy atom. The van der Waals surface area contributed by atoms with Gasteiger partial charge >= 0.3 is 5.97 Å². The molecule has 8 heteroatoms. The lowest BCUT2D eigenvalue weighted by Crippen LogP contribution is -2.06. The van der Waals surface area contributed by atoms with E-state index in [2.05, 4.69) is 20.9 Å². The number of methoxy groups -OCH3 is 1. The molecule has 5 nitrogen and oxygen atoms in total. The van der Waals surface area contributed by atoms with E-state index in [4.69, 9.17) is 37.4 Å². The van der Waals surface area contributed by atoms with Crippen molar-refractivity contribution in [3.8, 4) is 11.5 Å². The molecule has 0 aromatic heterocycles. The predicted molar refractivity (Wildman–Crippen MR) is 129 cm³/mol. The second-order valence-corrected chi connectivity index (χ2v) is 8.45. The van der Waals surface area contributed by atoms with Gasteiger partial charge in [-0.1, -0.05) is 63.4 Å². The summed E-state index contributed by atoms with van der Waals surface area (Å²) in [6.45, 7) is 0.343. The molecule has 0 aliphatic carbocycles. The van der Waals surface area contributed by atoms with Crippen LogP contribution in [0.15, 0.2) is 75.8 Å². The molecule has 32 heavy (non-hydrogen) atoms. The maximum absolute atomic E-state index is 12.4. The highest BCUT2D eigenvalue weighted by Crippen LogP contribution is 2.32. The van der Waals surface area contributed by atoms with Crippen molar-refractivity contribution in [2.24, 2.45) is 4.99 Å². The minimum atomic E-state index is -0.581. The van der Waals surface area contributed by atoms with Gasteiger partial charge in [0.15, 0.2) is 17.2 Å². The van der Waals surface area contributed by atoms with E-state index >= 15 is 0 Å². The molecule has 0 amide bonds. The van der Waals surface area contributed by atoms with Crippen LogP contribution in [-0.4, -0.2) is 19.0 Å². The van der Waals surface area contributed by atoms with E-state index in [-0.39, 0.29) is 11.6 Å². The summed E-state index contributed by atoms with van der Waals surface area (Å²) < 4.78 is 17.6. The van der Waals surface area contributed by atoms with Crippen LogP contribution in [0, 0.1) is 0 Å². The number of rotatable bonds is 6. The summed E-state index contributed by atoms with van der Waals surface area (Å²) in [5, 5.41) is 0.844. The number of ether oxygens (including phenoxy) is 3. The Kier molecular flexibility index (Phi) is 6.84. The van der Waals surface area contributed by atoms with Crippen molar-refractivity contribution in [3.05, 3.63) is 97.6 Å². The van der Waals surface area contributed by atoms with E-state index in [9.17, 15) is 4.79 Å². The molecule has 0 bridgehead atoms. The monoisotopic (exact) mass is 531 g/mol. The SMILES string of the molecule is COc1ccc(C=C2N=C(c3cc(Cl)ccc3Cl)OC2=O)cc1OCc1ccccc1Br. The van der Waals surface area contributed by atoms with Crippen molar-refractivity contribution < 1.29 is 19.0 Å². The van der Waals surface area contributed by atoms with Crippen molar-refractivity contribution in [2.45, 2.75) is 6.61 Å². The largest absolute Gasteiger partial charge is 0.493 e. The number of benzene rings is 3. The van der Waals surface area contributed by atoms with E-state index in [1.54, 1.807) is 49.6 Å². The van der Waals surface area contributed by atoms with E-state index < -0.39 is 5.97 Å². The molecule has 1 heterocycles. The van der Waals surface area contributed by atoms with E-state index in [0.717, 1.165) is 10.0 Å². The Morgan fingerprint density at radius 3 is 2.66 bits per heavy atom. The van der Waals surface area contributed by atoms with Gasteiger partial charge in [-0.2, -0.15) is 0 Å². The van der Waals surface area contributed by atoms with Crippen LogP contribution in [0.3, 0.4) is 0 Å². The summed E-state index contributed by atoms with van der Waals surface area (Å²) in [4.78, 5) is 16.7. The minimum absolute atomic E-state index is 0.104. The third kappa shape index (κ3) is 4.99. The first-order chi connectivity index (χ1) is 15.4. The topological polar surface area (TPSA) is 57.1 Å². The molecule has 4 rings (SSSR count). The van der Waals surface area contributed by atoms with Gasteiger partial charge in [0.1, 0.15) is 6.61 Å². The van der Waals surface area contributed by atoms with Gasteiger partial charge in [0.25, 0.3) is 0 Å². The molecule has 1 aliphatic heterocycles. The number of nitrogens with zero attached hydrogens (tertiary/aromatic N) is 1. The fraction of sp³-hybridized carbons (Fsp3) is 0.0833. The Balaban J connectivity index is 1.61. The van der Waals surface area contributed by atoms with Crippen molar-refractivity contribution in [1.29, 1.82) is 0 Å². The molecule has 3 aromatic rings. The first-order valence-corrected chi connectivity index (χ1v) is 11.0. The molecule has 1 aliphatic rings. The molecule has 162 valence electrons. The molecule has 0 fully saturated rings. The number of halogens is 3. The predicted octanol–water partition coefficient (Wildman–Crippen LogP) is 6.69. The van der Waals surface area contributed by atoms with Crippen molar-refractivity contribution in [3.63, 3.8) is 0 Å². The molecule has 0 radical (unpaired) electrons. The summed E-state index contributed by atoms with van der Waals surface area (Å²) in [5.41, 5.74) is 2.27. The molecule has 3 aromatic carbocycles. The fourth-order valence-electron chi connectivity index (χ4n) is 3.01. The normalized spacial score (nSPS) is 14.3. The van der Waals surface area contributed by atoms with Gasteiger partial charge in [-0.25, -0.2) is 9.79 Å². The van der Waals surface area contributed by atoms with Crippen LogP contribution >= 0.6 is 39.1 Å². The number of hydrogen-bond acceptors (Lipinski definition) is 5. The van der Waals surface area contributed by atoms with Gasteiger partial charge in [-0.3, -0.25) is 0 Å². The van der Waals surface area contributed by atoms with Crippen LogP contribution < -0.4 is 9.47 Å². The van der Waals surface area contributed by atoms with Gasteiger partial charge in [0.05, 0.1) is 17.7 Å². The lowest BCUT2D eigenvalue weighted by Gasteiger charge is -2.12. The zero-order chi connectivity index (χ0) is 22.7. The van der Waals surface area contributed by atoms with E-state index in [1.807, 2.05) is 24.3 Å². The number of carbonyl (C=O) groups is 1. The number of carbonyl (C=O) groups excluding carboxylic acids is 1. The molecule has 0 unspecified atom stereocenters. The number of esters is 1. The highest BCUT2D eigenvalue weighted by Gasteiger charge is 2.26. The Labute approximate surface area is 203 Å². The first-order valence-electron chi connectivity index (χ1n) is 9.47. The first kappa shape index (κ1) is 22.4. The van der Waals surface area contributed by atoms with Gasteiger partial charge in [-0.05, 0) is 48.0 Å². The lowest BCUT2D eigenvalue weighted by atomic mass is 10.1. The molecule has 0 spiro atoms. The Morgan fingerprint density at radius 1 is 1.06 bits per heavy atom. The third-order valence-electron chi connectivity index (χ3n) is 4.61. The van der Waals surface area contributed by atoms with E-state index in [1.165, 1.54) is 0 Å². The highest BCUT2D eigenvalue weighted by atomic mass is 79.9. The average Bonchev–Trinajstić information content (AvgIpc) is 3.15. The summed E-state index contributed by atoms with van der Waals surface area (Å²) in [5.74, 6) is 0.629. The zero-order valence-corrected chi connectivity index (χ0v) is 19.9. The molecular formula is C24H16BrCl2NO4. The number of cyclic esters (lactones) is 1. The summed E-state index contributed by atoms with van der Waals surface area (Å²) in [6.07, 6.45) is 1.61. The van der Waals surface area contributed by atoms with Gasteiger partial charge in [0, 0.05) is 15.1 Å². The number of aliphatic imine (C=N–C) groups is 1. The van der Waals surface area contributed by atoms with Crippen LogP contribution in [-0.2, 0) is 16.1 Å². The van der Waals surface area contributed by atoms with Gasteiger partial charge in [0.2, 0.25) is 5.90 Å². The van der Waals surface area contributed by atoms with Gasteiger partial charge in [-0.15, -0.1) is 0 Å². The average molecular weight is 533 g/mol. The van der Waals surface area contributed by atoms with Crippen molar-refractivity contribution in [2.75, 3.05) is 7.11 Å². The molecule has 0 saturated carbocycles. The standard InChI is InChI=1S/C24H16BrCl2NO4/c1-30-21-9-6-14(11-22(21)31-13-15-4-2-3-5-18(15)25)10-20-24(29)32-23(28-20)17-12-16(26)7-8-19(17)27/h2-12H,13H2,1H3. The summed E-state index contributed by atoms with van der Waals surface area (Å²) >= 11 is 15.7. The van der Waals surface area contributed by atoms with Crippen LogP contribution in [0.5, 0.6) is 11.5 Å². The van der Waals surface area contributed by atoms with Crippen LogP contribution in [0.1, 0.15) is 16.7 Å². The lowest BCUT2D eigenvalue weighted by molar-refractivity contribution is -0.129. The van der Waals surface area contributed by atoms with Crippen molar-refractivity contribution in [1.82, 2.24) is 0 Å². The highest BCUT2D eigenvalue weighted by molar-refractivity contribution is 9.10. The maximum Gasteiger partial charge on any atom is 0.363 e. The third-order valence-corrected chi connectivity index (χ3v) is 5.95. The summed E-state index contributed by atoms with van der Waals surface area (Å²) in [7, 11) is 1.57. The van der Waals surface area contributed by atoms with Gasteiger partial charge < -0.3 is 14.2 Å². The van der Waals surface area contributed by atoms with Crippen LogP contribution in [0.2, 0.25) is 10.0 Å². The quantitative estimate of drug-likeness (QED) is 0.262. The molecule has 0 N–H and O–H groups in total. The van der Waals surface area contributed by atoms with Crippen molar-refractivity contribution >= 4 is 57.1 Å². The fourth-order valence-corrected chi connectivity index (χ4v) is 3.78. The van der Waals surface area contributed by atoms with Crippen LogP contribution in [0.25, 0.3) is 6.08 Å². The number of hydrogen-bond donors (Lipinski definition) is 0. The van der Waals surface area contributed by atoms with Crippen LogP contribution in [0.4, 0.5) is 0 Å². The minimum Gasteiger partial charge on any atom is -0.493 e. The molecular weight excluding hydrogens is 517 g/mol. The molecule has 0 atom stereocenters. The smallest absolute Gasteiger partial charge is 0.363 e. The second kappa shape index (κ2) is 9.77.